The smallest absolute Gasteiger partial charge is 0.141 e. The second-order valence-corrected chi connectivity index (χ2v) is 4.56. The third kappa shape index (κ3) is 2.16. The number of ether oxygens (including phenoxy) is 2. The van der Waals surface area contributed by atoms with E-state index in [1.54, 1.807) is 13.4 Å². The van der Waals surface area contributed by atoms with Crippen LogP contribution in [0.25, 0.3) is 11.0 Å². The standard InChI is InChI=1S/C14H17NO3/c1-16-11-7-13-12(4-6-17-13)14(8-11)18-9-10-3-2-5-15-10/h4,6-8,10,15H,2-3,5,9H2,1H3/t10-/m0/s1. The average Bonchev–Trinajstić information content (AvgIpc) is 3.06. The normalized spacial score (nSPS) is 19.3. The Balaban J connectivity index is 1.82. The minimum Gasteiger partial charge on any atom is -0.496 e. The van der Waals surface area contributed by atoms with Gasteiger partial charge in [-0.3, -0.25) is 0 Å². The molecule has 1 fully saturated rings. The molecule has 2 aromatic rings. The fourth-order valence-corrected chi connectivity index (χ4v) is 2.34. The molecule has 1 saturated heterocycles. The number of rotatable bonds is 4. The third-order valence-corrected chi connectivity index (χ3v) is 3.35. The van der Waals surface area contributed by atoms with Crippen molar-refractivity contribution in [2.45, 2.75) is 18.9 Å². The highest BCUT2D eigenvalue weighted by atomic mass is 16.5. The molecule has 1 N–H and O–H groups in total. The van der Waals surface area contributed by atoms with Crippen LogP contribution in [0.5, 0.6) is 11.5 Å². The fraction of sp³-hybridized carbons (Fsp3) is 0.429. The lowest BCUT2D eigenvalue weighted by Crippen LogP contribution is -2.28. The summed E-state index contributed by atoms with van der Waals surface area (Å²) >= 11 is 0. The van der Waals surface area contributed by atoms with Gasteiger partial charge < -0.3 is 19.2 Å². The summed E-state index contributed by atoms with van der Waals surface area (Å²) in [5.74, 6) is 1.58. The average molecular weight is 247 g/mol. The highest BCUT2D eigenvalue weighted by Gasteiger charge is 2.16. The zero-order chi connectivity index (χ0) is 12.4. The van der Waals surface area contributed by atoms with Crippen LogP contribution in [-0.4, -0.2) is 26.3 Å². The van der Waals surface area contributed by atoms with Gasteiger partial charge in [0.25, 0.3) is 0 Å². The highest BCUT2D eigenvalue weighted by Crippen LogP contribution is 2.32. The predicted octanol–water partition coefficient (Wildman–Crippen LogP) is 2.57. The van der Waals surface area contributed by atoms with Gasteiger partial charge >= 0.3 is 0 Å². The van der Waals surface area contributed by atoms with E-state index < -0.39 is 0 Å². The molecule has 0 spiro atoms. The molecule has 4 nitrogen and oxygen atoms in total. The first-order chi connectivity index (χ1) is 8.86. The van der Waals surface area contributed by atoms with E-state index in [-0.39, 0.29) is 0 Å². The second kappa shape index (κ2) is 4.90. The summed E-state index contributed by atoms with van der Waals surface area (Å²) < 4.78 is 16.5. The topological polar surface area (TPSA) is 43.6 Å². The fourth-order valence-electron chi connectivity index (χ4n) is 2.34. The molecular formula is C14H17NO3. The summed E-state index contributed by atoms with van der Waals surface area (Å²) in [7, 11) is 1.65. The van der Waals surface area contributed by atoms with Crippen molar-refractivity contribution in [2.24, 2.45) is 0 Å². The van der Waals surface area contributed by atoms with Gasteiger partial charge in [0.2, 0.25) is 0 Å². The van der Waals surface area contributed by atoms with Gasteiger partial charge in [-0.2, -0.15) is 0 Å². The van der Waals surface area contributed by atoms with Crippen LogP contribution in [-0.2, 0) is 0 Å². The van der Waals surface area contributed by atoms with Crippen molar-refractivity contribution < 1.29 is 13.9 Å². The highest BCUT2D eigenvalue weighted by molar-refractivity contribution is 5.85. The van der Waals surface area contributed by atoms with Crippen LogP contribution < -0.4 is 14.8 Å². The number of hydrogen-bond donors (Lipinski definition) is 1. The second-order valence-electron chi connectivity index (χ2n) is 4.56. The lowest BCUT2D eigenvalue weighted by Gasteiger charge is -2.13. The summed E-state index contributed by atoms with van der Waals surface area (Å²) in [4.78, 5) is 0. The van der Waals surface area contributed by atoms with E-state index in [4.69, 9.17) is 13.9 Å². The molecule has 1 aromatic carbocycles. The predicted molar refractivity (Wildman–Crippen MR) is 69.3 cm³/mol. The molecule has 0 bridgehead atoms. The molecule has 1 aromatic heterocycles. The monoisotopic (exact) mass is 247 g/mol. The first-order valence-electron chi connectivity index (χ1n) is 6.28. The molecule has 1 aliphatic rings. The SMILES string of the molecule is COc1cc(OC[C@@H]2CCCN2)c2ccoc2c1. The Morgan fingerprint density at radius 2 is 2.39 bits per heavy atom. The van der Waals surface area contributed by atoms with Gasteiger partial charge in [-0.05, 0) is 25.5 Å². The van der Waals surface area contributed by atoms with Crippen molar-refractivity contribution in [1.82, 2.24) is 5.32 Å². The van der Waals surface area contributed by atoms with Gasteiger partial charge in [0.15, 0.2) is 0 Å². The van der Waals surface area contributed by atoms with Crippen molar-refractivity contribution in [1.29, 1.82) is 0 Å². The lowest BCUT2D eigenvalue weighted by atomic mass is 10.2. The van der Waals surface area contributed by atoms with Gasteiger partial charge in [0.1, 0.15) is 23.7 Å². The zero-order valence-corrected chi connectivity index (χ0v) is 10.4. The van der Waals surface area contributed by atoms with Crippen molar-refractivity contribution in [3.63, 3.8) is 0 Å². The van der Waals surface area contributed by atoms with E-state index in [1.165, 1.54) is 12.8 Å². The number of benzene rings is 1. The Bertz CT molecular complexity index is 529. The first-order valence-corrected chi connectivity index (χ1v) is 6.28. The van der Waals surface area contributed by atoms with Crippen LogP contribution in [0.4, 0.5) is 0 Å². The Kier molecular flexibility index (Phi) is 3.11. The van der Waals surface area contributed by atoms with Gasteiger partial charge in [-0.15, -0.1) is 0 Å². The molecule has 1 aliphatic heterocycles. The van der Waals surface area contributed by atoms with Crippen LogP contribution >= 0.6 is 0 Å². The quantitative estimate of drug-likeness (QED) is 0.901. The van der Waals surface area contributed by atoms with Gasteiger partial charge in [0, 0.05) is 18.2 Å². The Morgan fingerprint density at radius 3 is 3.17 bits per heavy atom. The minimum atomic E-state index is 0.457. The van der Waals surface area contributed by atoms with E-state index in [0.717, 1.165) is 29.0 Å². The third-order valence-electron chi connectivity index (χ3n) is 3.35. The lowest BCUT2D eigenvalue weighted by molar-refractivity contribution is 0.278. The van der Waals surface area contributed by atoms with Gasteiger partial charge in [-0.25, -0.2) is 0 Å². The first kappa shape index (κ1) is 11.4. The van der Waals surface area contributed by atoms with Crippen molar-refractivity contribution in [3.8, 4) is 11.5 Å². The summed E-state index contributed by atoms with van der Waals surface area (Å²) in [6.45, 7) is 1.78. The van der Waals surface area contributed by atoms with Crippen molar-refractivity contribution in [3.05, 3.63) is 24.5 Å². The van der Waals surface area contributed by atoms with Gasteiger partial charge in [-0.1, -0.05) is 0 Å². The summed E-state index contributed by atoms with van der Waals surface area (Å²) in [5, 5.41) is 4.41. The maximum Gasteiger partial charge on any atom is 0.141 e. The Morgan fingerprint density at radius 1 is 1.44 bits per heavy atom. The Hall–Kier alpha value is -1.68. The van der Waals surface area contributed by atoms with Crippen LogP contribution in [0.3, 0.4) is 0 Å². The van der Waals surface area contributed by atoms with E-state index in [9.17, 15) is 0 Å². The van der Waals surface area contributed by atoms with Crippen LogP contribution in [0, 0.1) is 0 Å². The minimum absolute atomic E-state index is 0.457. The molecule has 3 rings (SSSR count). The van der Waals surface area contributed by atoms with Crippen LogP contribution in [0.1, 0.15) is 12.8 Å². The summed E-state index contributed by atoms with van der Waals surface area (Å²) in [6.07, 6.45) is 4.08. The number of fused-ring (bicyclic) bond motifs is 1. The molecule has 1 atom stereocenters. The molecule has 0 unspecified atom stereocenters. The molecule has 2 heterocycles. The molecule has 4 heteroatoms. The van der Waals surface area contributed by atoms with E-state index in [0.29, 0.717) is 12.6 Å². The number of hydrogen-bond acceptors (Lipinski definition) is 4. The number of nitrogens with one attached hydrogen (secondary N) is 1. The number of methoxy groups -OCH3 is 1. The zero-order valence-electron chi connectivity index (χ0n) is 10.4. The molecule has 96 valence electrons. The van der Waals surface area contributed by atoms with E-state index in [1.807, 2.05) is 18.2 Å². The van der Waals surface area contributed by atoms with Crippen LogP contribution in [0.15, 0.2) is 28.9 Å². The molecule has 18 heavy (non-hydrogen) atoms. The molecular weight excluding hydrogens is 230 g/mol. The molecule has 0 aliphatic carbocycles. The number of furan rings is 1. The van der Waals surface area contributed by atoms with E-state index in [2.05, 4.69) is 5.32 Å². The van der Waals surface area contributed by atoms with Crippen LogP contribution in [0.2, 0.25) is 0 Å². The van der Waals surface area contributed by atoms with Crippen molar-refractivity contribution >= 4 is 11.0 Å². The molecule has 0 saturated carbocycles. The molecule has 0 amide bonds. The molecule has 0 radical (unpaired) electrons. The Labute approximate surface area is 106 Å². The maximum atomic E-state index is 5.90. The largest absolute Gasteiger partial charge is 0.496 e. The van der Waals surface area contributed by atoms with Gasteiger partial charge in [0.05, 0.1) is 18.8 Å². The summed E-state index contributed by atoms with van der Waals surface area (Å²) in [6, 6.07) is 6.16. The summed E-state index contributed by atoms with van der Waals surface area (Å²) in [5.41, 5.74) is 0.795. The van der Waals surface area contributed by atoms with Crippen molar-refractivity contribution in [2.75, 3.05) is 20.3 Å². The maximum absolute atomic E-state index is 5.90. The van der Waals surface area contributed by atoms with E-state index >= 15 is 0 Å².